The van der Waals surface area contributed by atoms with E-state index in [9.17, 15) is 25.0 Å². The summed E-state index contributed by atoms with van der Waals surface area (Å²) in [6, 6.07) is 7.61. The number of benzene rings is 2. The van der Waals surface area contributed by atoms with Crippen LogP contribution in [0.1, 0.15) is 10.4 Å². The van der Waals surface area contributed by atoms with Crippen LogP contribution < -0.4 is 10.2 Å². The topological polar surface area (TPSA) is 153 Å². The standard InChI is InChI=1S/C13H9BN2O8/c17-13(24-12-3-1-2-10(7-12)15(20)21)8-4-9(14(18)19)6-11(5-8)16(22)23/h1-7,18-19H. The Morgan fingerprint density at radius 1 is 1.00 bits per heavy atom. The van der Waals surface area contributed by atoms with E-state index in [2.05, 4.69) is 0 Å². The summed E-state index contributed by atoms with van der Waals surface area (Å²) in [5.41, 5.74) is -1.41. The van der Waals surface area contributed by atoms with Gasteiger partial charge in [-0.15, -0.1) is 0 Å². The Hall–Kier alpha value is -3.31. The van der Waals surface area contributed by atoms with Crippen LogP contribution in [0.3, 0.4) is 0 Å². The number of nitro benzene ring substituents is 2. The van der Waals surface area contributed by atoms with Gasteiger partial charge >= 0.3 is 13.1 Å². The third-order valence-electron chi connectivity index (χ3n) is 2.92. The van der Waals surface area contributed by atoms with E-state index in [0.717, 1.165) is 24.3 Å². The molecule has 122 valence electrons. The molecule has 0 bridgehead atoms. The number of hydrogen-bond donors (Lipinski definition) is 2. The van der Waals surface area contributed by atoms with Gasteiger partial charge in [-0.2, -0.15) is 0 Å². The van der Waals surface area contributed by atoms with Crippen LogP contribution >= 0.6 is 0 Å². The molecule has 0 aliphatic rings. The number of esters is 1. The normalized spacial score (nSPS) is 10.1. The maximum atomic E-state index is 12.1. The molecule has 2 rings (SSSR count). The Bertz CT molecular complexity index is 823. The zero-order valence-corrected chi connectivity index (χ0v) is 11.9. The van der Waals surface area contributed by atoms with E-state index in [1.54, 1.807) is 0 Å². The second kappa shape index (κ2) is 6.85. The summed E-state index contributed by atoms with van der Waals surface area (Å²) in [5, 5.41) is 39.8. The lowest BCUT2D eigenvalue weighted by Crippen LogP contribution is -2.31. The minimum atomic E-state index is -2.02. The molecule has 0 unspecified atom stereocenters. The second-order valence-electron chi connectivity index (χ2n) is 4.59. The molecule has 0 heterocycles. The summed E-state index contributed by atoms with van der Waals surface area (Å²) in [7, 11) is -2.02. The highest BCUT2D eigenvalue weighted by Gasteiger charge is 2.21. The summed E-state index contributed by atoms with van der Waals surface area (Å²) in [6.45, 7) is 0. The molecule has 0 aliphatic carbocycles. The molecule has 0 spiro atoms. The van der Waals surface area contributed by atoms with Gasteiger partial charge in [-0.25, -0.2) is 4.79 Å². The van der Waals surface area contributed by atoms with Crippen LogP contribution in [0.4, 0.5) is 11.4 Å². The third-order valence-corrected chi connectivity index (χ3v) is 2.92. The van der Waals surface area contributed by atoms with Gasteiger partial charge < -0.3 is 14.8 Å². The molecule has 11 heteroatoms. The number of nitro groups is 2. The average molecular weight is 332 g/mol. The van der Waals surface area contributed by atoms with Gasteiger partial charge in [0.1, 0.15) is 5.75 Å². The molecular formula is C13H9BN2O8. The van der Waals surface area contributed by atoms with E-state index in [4.69, 9.17) is 14.8 Å². The minimum absolute atomic E-state index is 0.133. The number of carbonyl (C=O) groups excluding carboxylic acids is 1. The van der Waals surface area contributed by atoms with Crippen molar-refractivity contribution in [1.29, 1.82) is 0 Å². The quantitative estimate of drug-likeness (QED) is 0.262. The van der Waals surface area contributed by atoms with Gasteiger partial charge in [-0.1, -0.05) is 6.07 Å². The van der Waals surface area contributed by atoms with Crippen molar-refractivity contribution in [2.45, 2.75) is 0 Å². The SMILES string of the molecule is O=C(Oc1cccc([N+](=O)[O-])c1)c1cc(B(O)O)cc([N+](=O)[O-])c1. The number of carbonyl (C=O) groups is 1. The van der Waals surface area contributed by atoms with Crippen molar-refractivity contribution < 1.29 is 29.4 Å². The largest absolute Gasteiger partial charge is 0.488 e. The maximum Gasteiger partial charge on any atom is 0.488 e. The first kappa shape index (κ1) is 17.1. The van der Waals surface area contributed by atoms with E-state index in [1.807, 2.05) is 0 Å². The zero-order chi connectivity index (χ0) is 17.9. The first-order valence-corrected chi connectivity index (χ1v) is 6.40. The van der Waals surface area contributed by atoms with E-state index < -0.39 is 28.6 Å². The van der Waals surface area contributed by atoms with E-state index in [0.29, 0.717) is 0 Å². The van der Waals surface area contributed by atoms with Crippen LogP contribution in [-0.2, 0) is 0 Å². The maximum absolute atomic E-state index is 12.1. The molecule has 0 aliphatic heterocycles. The fourth-order valence-corrected chi connectivity index (χ4v) is 1.83. The number of nitrogens with zero attached hydrogens (tertiary/aromatic N) is 2. The van der Waals surface area contributed by atoms with Gasteiger partial charge in [0.15, 0.2) is 0 Å². The molecule has 2 aromatic rings. The Morgan fingerprint density at radius 3 is 2.25 bits per heavy atom. The summed E-state index contributed by atoms with van der Waals surface area (Å²) in [5.74, 6) is -1.17. The molecule has 2 N–H and O–H groups in total. The highest BCUT2D eigenvalue weighted by molar-refractivity contribution is 6.58. The van der Waals surface area contributed by atoms with Crippen LogP contribution in [0.15, 0.2) is 42.5 Å². The van der Waals surface area contributed by atoms with Crippen molar-refractivity contribution in [3.05, 3.63) is 68.3 Å². The first-order chi connectivity index (χ1) is 11.3. The number of ether oxygens (including phenoxy) is 1. The molecule has 0 amide bonds. The summed E-state index contributed by atoms with van der Waals surface area (Å²) >= 11 is 0. The monoisotopic (exact) mass is 332 g/mol. The van der Waals surface area contributed by atoms with Crippen molar-refractivity contribution in [3.63, 3.8) is 0 Å². The molecule has 24 heavy (non-hydrogen) atoms. The van der Waals surface area contributed by atoms with E-state index in [-0.39, 0.29) is 22.5 Å². The number of hydrogen-bond acceptors (Lipinski definition) is 8. The molecule has 0 saturated heterocycles. The van der Waals surface area contributed by atoms with Gasteiger partial charge in [-0.05, 0) is 17.6 Å². The Labute approximate surface area is 134 Å². The number of rotatable bonds is 5. The average Bonchev–Trinajstić information content (AvgIpc) is 2.54. The molecule has 0 atom stereocenters. The summed E-state index contributed by atoms with van der Waals surface area (Å²) in [6.07, 6.45) is 0. The van der Waals surface area contributed by atoms with Crippen molar-refractivity contribution >= 4 is 29.9 Å². The number of non-ortho nitro benzene ring substituents is 2. The van der Waals surface area contributed by atoms with Crippen LogP contribution in [0.25, 0.3) is 0 Å². The lowest BCUT2D eigenvalue weighted by Gasteiger charge is -2.06. The van der Waals surface area contributed by atoms with Gasteiger partial charge in [0.05, 0.1) is 21.5 Å². The second-order valence-corrected chi connectivity index (χ2v) is 4.59. The predicted octanol–water partition coefficient (Wildman–Crippen LogP) is 0.402. The zero-order valence-electron chi connectivity index (χ0n) is 11.9. The van der Waals surface area contributed by atoms with Crippen molar-refractivity contribution in [2.75, 3.05) is 0 Å². The van der Waals surface area contributed by atoms with Gasteiger partial charge in [0.2, 0.25) is 0 Å². The highest BCUT2D eigenvalue weighted by atomic mass is 16.6. The highest BCUT2D eigenvalue weighted by Crippen LogP contribution is 2.21. The fraction of sp³-hybridized carbons (Fsp3) is 0. The molecule has 0 fully saturated rings. The predicted molar refractivity (Wildman–Crippen MR) is 81.0 cm³/mol. The van der Waals surface area contributed by atoms with Crippen LogP contribution in [0.5, 0.6) is 5.75 Å². The molecule has 10 nitrogen and oxygen atoms in total. The summed E-state index contributed by atoms with van der Waals surface area (Å²) < 4.78 is 4.93. The summed E-state index contributed by atoms with van der Waals surface area (Å²) in [4.78, 5) is 32.1. The molecular weight excluding hydrogens is 323 g/mol. The Morgan fingerprint density at radius 2 is 1.67 bits per heavy atom. The first-order valence-electron chi connectivity index (χ1n) is 6.40. The Balaban J connectivity index is 2.34. The van der Waals surface area contributed by atoms with Gasteiger partial charge in [0, 0.05) is 18.2 Å². The van der Waals surface area contributed by atoms with Crippen LogP contribution in [0, 0.1) is 20.2 Å². The fourth-order valence-electron chi connectivity index (χ4n) is 1.83. The van der Waals surface area contributed by atoms with E-state index in [1.165, 1.54) is 18.2 Å². The smallest absolute Gasteiger partial charge is 0.423 e. The van der Waals surface area contributed by atoms with Crippen LogP contribution in [0.2, 0.25) is 0 Å². The molecule has 0 aromatic heterocycles. The van der Waals surface area contributed by atoms with E-state index >= 15 is 0 Å². The van der Waals surface area contributed by atoms with Crippen molar-refractivity contribution in [3.8, 4) is 5.75 Å². The van der Waals surface area contributed by atoms with Crippen molar-refractivity contribution in [2.24, 2.45) is 0 Å². The minimum Gasteiger partial charge on any atom is -0.423 e. The van der Waals surface area contributed by atoms with Crippen LogP contribution in [-0.4, -0.2) is 33.0 Å². The molecule has 2 aromatic carbocycles. The lowest BCUT2D eigenvalue weighted by molar-refractivity contribution is -0.385. The van der Waals surface area contributed by atoms with Gasteiger partial charge in [-0.3, -0.25) is 20.2 Å². The lowest BCUT2D eigenvalue weighted by atomic mass is 9.79. The Kier molecular flexibility index (Phi) is 4.87. The molecule has 0 radical (unpaired) electrons. The van der Waals surface area contributed by atoms with Gasteiger partial charge in [0.25, 0.3) is 11.4 Å². The molecule has 0 saturated carbocycles. The van der Waals surface area contributed by atoms with Crippen molar-refractivity contribution in [1.82, 2.24) is 0 Å². The third kappa shape index (κ3) is 3.91.